The maximum absolute atomic E-state index is 2.29. The zero-order chi connectivity index (χ0) is 13.7. The zero-order valence-corrected chi connectivity index (χ0v) is 12.6. The molecular weight excluding hydrogens is 248 g/mol. The van der Waals surface area contributed by atoms with Crippen molar-refractivity contribution in [2.45, 2.75) is 19.6 Å². The van der Waals surface area contributed by atoms with Crippen LogP contribution in [0.1, 0.15) is 19.4 Å². The molecule has 0 saturated carbocycles. The number of benzene rings is 3. The first-order valence-electron chi connectivity index (χ1n) is 6.78. The van der Waals surface area contributed by atoms with E-state index in [0.717, 1.165) is 5.75 Å². The van der Waals surface area contributed by atoms with Gasteiger partial charge in [0.15, 0.2) is 0 Å². The molecule has 0 fully saturated rings. The van der Waals surface area contributed by atoms with Crippen LogP contribution in [0.4, 0.5) is 0 Å². The average Bonchev–Trinajstić information content (AvgIpc) is 2.49. The van der Waals surface area contributed by atoms with Crippen LogP contribution in [0.2, 0.25) is 0 Å². The summed E-state index contributed by atoms with van der Waals surface area (Å²) >= 11 is 1.88. The Morgan fingerprint density at radius 1 is 0.789 bits per heavy atom. The summed E-state index contributed by atoms with van der Waals surface area (Å²) in [5.41, 5.74) is 1.46. The Morgan fingerprint density at radius 2 is 1.26 bits per heavy atom. The molecule has 0 spiro atoms. The molecule has 0 unspecified atom stereocenters. The maximum atomic E-state index is 2.29. The molecule has 98 valence electrons. The van der Waals surface area contributed by atoms with Crippen molar-refractivity contribution in [1.82, 2.24) is 0 Å². The fraction of sp³-hybridized carbons (Fsp3) is 0.222. The van der Waals surface area contributed by atoms with E-state index in [1.54, 1.807) is 0 Å². The van der Waals surface area contributed by atoms with Crippen LogP contribution in [0, 0.1) is 0 Å². The van der Waals surface area contributed by atoms with Crippen LogP contribution in [0.15, 0.2) is 54.6 Å². The van der Waals surface area contributed by atoms with Crippen molar-refractivity contribution in [2.75, 3.05) is 6.26 Å². The van der Waals surface area contributed by atoms with E-state index in [9.17, 15) is 0 Å². The summed E-state index contributed by atoms with van der Waals surface area (Å²) in [5, 5.41) is 5.46. The molecule has 0 saturated heterocycles. The Morgan fingerprint density at radius 3 is 1.74 bits per heavy atom. The predicted molar refractivity (Wildman–Crippen MR) is 90.0 cm³/mol. The minimum Gasteiger partial charge on any atom is -0.161 e. The normalized spacial score (nSPS) is 10.3. The van der Waals surface area contributed by atoms with E-state index in [1.165, 1.54) is 27.1 Å². The first-order chi connectivity index (χ1) is 9.40. The minimum absolute atomic E-state index is 1.07. The Balaban J connectivity index is 0.000000637. The van der Waals surface area contributed by atoms with Crippen molar-refractivity contribution in [3.63, 3.8) is 0 Å². The van der Waals surface area contributed by atoms with Crippen molar-refractivity contribution in [2.24, 2.45) is 0 Å². The standard InChI is InChI=1S/C16H14S.C2H6/c1-17-11-16-14-8-4-2-6-12(14)10-13-7-3-5-9-15(13)16;1-2/h2-10H,11H2,1H3;1-2H3. The van der Waals surface area contributed by atoms with E-state index in [4.69, 9.17) is 0 Å². The third-order valence-electron chi connectivity index (χ3n) is 3.17. The SMILES string of the molecule is CC.CSCc1c2ccccc2cc2ccccc12. The molecule has 19 heavy (non-hydrogen) atoms. The zero-order valence-electron chi connectivity index (χ0n) is 11.8. The minimum atomic E-state index is 1.07. The lowest BCUT2D eigenvalue weighted by Gasteiger charge is -2.10. The summed E-state index contributed by atoms with van der Waals surface area (Å²) < 4.78 is 0. The molecule has 0 nitrogen and oxygen atoms in total. The highest BCUT2D eigenvalue weighted by atomic mass is 32.2. The maximum Gasteiger partial charge on any atom is 0.0194 e. The van der Waals surface area contributed by atoms with Gasteiger partial charge in [0.05, 0.1) is 0 Å². The molecule has 0 aromatic heterocycles. The van der Waals surface area contributed by atoms with E-state index >= 15 is 0 Å². The summed E-state index contributed by atoms with van der Waals surface area (Å²) in [4.78, 5) is 0. The molecule has 3 rings (SSSR count). The molecule has 0 amide bonds. The van der Waals surface area contributed by atoms with Gasteiger partial charge in [0.2, 0.25) is 0 Å². The van der Waals surface area contributed by atoms with E-state index in [2.05, 4.69) is 60.9 Å². The van der Waals surface area contributed by atoms with E-state index in [1.807, 2.05) is 25.6 Å². The Bertz CT molecular complexity index is 617. The van der Waals surface area contributed by atoms with Gasteiger partial charge in [-0.2, -0.15) is 11.8 Å². The summed E-state index contributed by atoms with van der Waals surface area (Å²) in [7, 11) is 0. The third-order valence-corrected chi connectivity index (χ3v) is 3.75. The van der Waals surface area contributed by atoms with Gasteiger partial charge < -0.3 is 0 Å². The second-order valence-electron chi connectivity index (χ2n) is 4.23. The fourth-order valence-electron chi connectivity index (χ4n) is 2.41. The van der Waals surface area contributed by atoms with Crippen LogP contribution >= 0.6 is 11.8 Å². The van der Waals surface area contributed by atoms with Gasteiger partial charge in [-0.15, -0.1) is 0 Å². The second kappa shape index (κ2) is 6.63. The number of hydrogen-bond donors (Lipinski definition) is 0. The van der Waals surface area contributed by atoms with Crippen molar-refractivity contribution in [3.05, 3.63) is 60.2 Å². The van der Waals surface area contributed by atoms with Gasteiger partial charge in [-0.1, -0.05) is 62.4 Å². The topological polar surface area (TPSA) is 0 Å². The number of thioether (sulfide) groups is 1. The number of hydrogen-bond acceptors (Lipinski definition) is 1. The Kier molecular flexibility index (Phi) is 4.86. The molecular formula is C18H20S. The highest BCUT2D eigenvalue weighted by molar-refractivity contribution is 7.97. The molecule has 0 aliphatic heterocycles. The first kappa shape index (κ1) is 14.0. The number of fused-ring (bicyclic) bond motifs is 2. The van der Waals surface area contributed by atoms with Crippen LogP contribution < -0.4 is 0 Å². The van der Waals surface area contributed by atoms with Crippen molar-refractivity contribution in [1.29, 1.82) is 0 Å². The molecule has 0 radical (unpaired) electrons. The molecule has 0 N–H and O–H groups in total. The smallest absolute Gasteiger partial charge is 0.0194 e. The molecule has 0 heterocycles. The predicted octanol–water partition coefficient (Wildman–Crippen LogP) is 5.88. The lowest BCUT2D eigenvalue weighted by atomic mass is 9.98. The largest absolute Gasteiger partial charge is 0.161 e. The quantitative estimate of drug-likeness (QED) is 0.523. The van der Waals surface area contributed by atoms with Gasteiger partial charge in [0, 0.05) is 5.75 Å². The lowest BCUT2D eigenvalue weighted by molar-refractivity contribution is 1.50. The van der Waals surface area contributed by atoms with Gasteiger partial charge >= 0.3 is 0 Å². The van der Waals surface area contributed by atoms with E-state index in [-0.39, 0.29) is 0 Å². The van der Waals surface area contributed by atoms with Crippen LogP contribution in [0.3, 0.4) is 0 Å². The van der Waals surface area contributed by atoms with Crippen molar-refractivity contribution in [3.8, 4) is 0 Å². The van der Waals surface area contributed by atoms with Crippen LogP contribution in [-0.4, -0.2) is 6.26 Å². The Labute approximate surface area is 119 Å². The lowest BCUT2D eigenvalue weighted by Crippen LogP contribution is -1.87. The highest BCUT2D eigenvalue weighted by Gasteiger charge is 2.05. The van der Waals surface area contributed by atoms with Crippen LogP contribution in [0.5, 0.6) is 0 Å². The molecule has 1 heteroatoms. The molecule has 3 aromatic carbocycles. The summed E-state index contributed by atoms with van der Waals surface area (Å²) in [6.45, 7) is 4.00. The van der Waals surface area contributed by atoms with E-state index < -0.39 is 0 Å². The van der Waals surface area contributed by atoms with Crippen LogP contribution in [-0.2, 0) is 5.75 Å². The summed E-state index contributed by atoms with van der Waals surface area (Å²) in [6.07, 6.45) is 2.16. The van der Waals surface area contributed by atoms with Gasteiger partial charge in [0.25, 0.3) is 0 Å². The molecule has 0 aliphatic rings. The highest BCUT2D eigenvalue weighted by Crippen LogP contribution is 2.30. The average molecular weight is 268 g/mol. The van der Waals surface area contributed by atoms with E-state index in [0.29, 0.717) is 0 Å². The molecule has 0 bridgehead atoms. The van der Waals surface area contributed by atoms with Crippen LogP contribution in [0.25, 0.3) is 21.5 Å². The van der Waals surface area contributed by atoms with Crippen molar-refractivity contribution >= 4 is 33.3 Å². The summed E-state index contributed by atoms with van der Waals surface area (Å²) in [5.74, 6) is 1.07. The number of rotatable bonds is 2. The first-order valence-corrected chi connectivity index (χ1v) is 8.18. The second-order valence-corrected chi connectivity index (χ2v) is 5.10. The molecule has 3 aromatic rings. The third kappa shape index (κ3) is 2.76. The van der Waals surface area contributed by atoms with Gasteiger partial charge in [-0.05, 0) is 39.4 Å². The molecule has 0 atom stereocenters. The molecule has 0 aliphatic carbocycles. The fourth-order valence-corrected chi connectivity index (χ4v) is 3.01. The van der Waals surface area contributed by atoms with Gasteiger partial charge in [-0.25, -0.2) is 0 Å². The van der Waals surface area contributed by atoms with Crippen molar-refractivity contribution < 1.29 is 0 Å². The Hall–Kier alpha value is -1.47. The monoisotopic (exact) mass is 268 g/mol. The summed E-state index contributed by atoms with van der Waals surface area (Å²) in [6, 6.07) is 19.6. The van der Waals surface area contributed by atoms with Gasteiger partial charge in [-0.3, -0.25) is 0 Å². The van der Waals surface area contributed by atoms with Gasteiger partial charge in [0.1, 0.15) is 0 Å².